The number of fused-ring (bicyclic) bond motifs is 1. The van der Waals surface area contributed by atoms with Crippen molar-refractivity contribution < 1.29 is 36.3 Å². The van der Waals surface area contributed by atoms with E-state index >= 15 is 0 Å². The van der Waals surface area contributed by atoms with Crippen LogP contribution in [-0.2, 0) is 29.6 Å². The summed E-state index contributed by atoms with van der Waals surface area (Å²) in [5, 5.41) is 9.08. The second kappa shape index (κ2) is 8.41. The van der Waals surface area contributed by atoms with E-state index in [1.54, 1.807) is 6.92 Å². The van der Waals surface area contributed by atoms with E-state index in [9.17, 15) is 26.4 Å². The molecular formula is C19H21N3O8S2. The van der Waals surface area contributed by atoms with Crippen molar-refractivity contribution in [3.8, 4) is 5.75 Å². The number of hydrogen-bond acceptors (Lipinski definition) is 7. The number of aliphatic carboxylic acids is 1. The minimum Gasteiger partial charge on any atom is -0.482 e. The number of hydrogen-bond donors (Lipinski definition) is 2. The highest BCUT2D eigenvalue weighted by Gasteiger charge is 2.29. The molecular weight excluding hydrogens is 462 g/mol. The lowest BCUT2D eigenvalue weighted by Gasteiger charge is -2.28. The molecule has 32 heavy (non-hydrogen) atoms. The van der Waals surface area contributed by atoms with Gasteiger partial charge in [-0.15, -0.1) is 0 Å². The van der Waals surface area contributed by atoms with Gasteiger partial charge in [-0.05, 0) is 42.8 Å². The van der Waals surface area contributed by atoms with E-state index in [4.69, 9.17) is 9.84 Å². The maximum Gasteiger partial charge on any atom is 0.323 e. The van der Waals surface area contributed by atoms with Gasteiger partial charge < -0.3 is 9.84 Å². The molecule has 13 heteroatoms. The van der Waals surface area contributed by atoms with Crippen LogP contribution in [-0.4, -0.2) is 65.4 Å². The summed E-state index contributed by atoms with van der Waals surface area (Å²) in [5.41, 5.74) is 0.544. The molecule has 172 valence electrons. The Labute approximate surface area is 185 Å². The number of rotatable bonds is 7. The molecule has 2 aromatic rings. The molecule has 0 atom stereocenters. The molecule has 0 fully saturated rings. The van der Waals surface area contributed by atoms with Crippen molar-refractivity contribution in [2.45, 2.75) is 16.7 Å². The maximum absolute atomic E-state index is 13.0. The molecule has 2 aromatic carbocycles. The van der Waals surface area contributed by atoms with E-state index < -0.39 is 38.5 Å². The van der Waals surface area contributed by atoms with Gasteiger partial charge in [0.2, 0.25) is 10.0 Å². The molecule has 0 bridgehead atoms. The summed E-state index contributed by atoms with van der Waals surface area (Å²) in [4.78, 5) is 23.8. The fourth-order valence-corrected chi connectivity index (χ4v) is 5.01. The van der Waals surface area contributed by atoms with Crippen LogP contribution in [0.25, 0.3) is 0 Å². The second-order valence-corrected chi connectivity index (χ2v) is 11.0. The molecule has 0 saturated carbocycles. The summed E-state index contributed by atoms with van der Waals surface area (Å²) in [6.45, 7) is 0.588. The summed E-state index contributed by atoms with van der Waals surface area (Å²) in [7, 11) is -5.29. The van der Waals surface area contributed by atoms with Crippen molar-refractivity contribution in [3.05, 3.63) is 42.0 Å². The van der Waals surface area contributed by atoms with Gasteiger partial charge in [-0.2, -0.15) is 0 Å². The van der Waals surface area contributed by atoms with Crippen molar-refractivity contribution in [1.82, 2.24) is 4.31 Å². The van der Waals surface area contributed by atoms with Crippen molar-refractivity contribution in [1.29, 1.82) is 0 Å². The maximum atomic E-state index is 13.0. The molecule has 11 nitrogen and oxygen atoms in total. The predicted octanol–water partition coefficient (Wildman–Crippen LogP) is 0.856. The fourth-order valence-electron chi connectivity index (χ4n) is 2.94. The number of sulfonamides is 2. The monoisotopic (exact) mass is 483 g/mol. The number of carbonyl (C=O) groups is 2. The van der Waals surface area contributed by atoms with Gasteiger partial charge in [0.25, 0.3) is 15.9 Å². The number of nitrogens with one attached hydrogen (secondary N) is 1. The number of carboxylic acid groups (broad SMARTS) is 1. The third-order valence-electron chi connectivity index (χ3n) is 4.71. The van der Waals surface area contributed by atoms with Crippen LogP contribution in [0.4, 0.5) is 11.4 Å². The molecule has 1 amide bonds. The number of amides is 1. The Hall–Kier alpha value is -3.16. The molecule has 1 aliphatic heterocycles. The summed E-state index contributed by atoms with van der Waals surface area (Å²) in [5.74, 6) is -1.73. The van der Waals surface area contributed by atoms with Gasteiger partial charge in [-0.3, -0.25) is 19.2 Å². The Balaban J connectivity index is 2.01. The highest BCUT2D eigenvalue weighted by Crippen LogP contribution is 2.35. The van der Waals surface area contributed by atoms with Crippen LogP contribution in [0.15, 0.2) is 46.2 Å². The largest absolute Gasteiger partial charge is 0.482 e. The van der Waals surface area contributed by atoms with E-state index in [1.165, 1.54) is 44.4 Å². The molecule has 3 rings (SSSR count). The zero-order valence-electron chi connectivity index (χ0n) is 17.4. The Morgan fingerprint density at radius 3 is 2.41 bits per heavy atom. The molecule has 1 heterocycles. The number of aryl methyl sites for hydroxylation is 1. The lowest BCUT2D eigenvalue weighted by atomic mass is 10.2. The van der Waals surface area contributed by atoms with Gasteiger partial charge in [0.1, 0.15) is 12.3 Å². The number of carboxylic acids is 1. The SMILES string of the molecule is Cc1ccc(S(=O)(=O)N(C)C)cc1NS(=O)(=O)c1ccc2c(c1)N(CC(=O)O)C(=O)CO2. The van der Waals surface area contributed by atoms with E-state index in [0.717, 1.165) is 15.3 Å². The Kier molecular flexibility index (Phi) is 6.18. The molecule has 0 radical (unpaired) electrons. The highest BCUT2D eigenvalue weighted by atomic mass is 32.2. The number of carbonyl (C=O) groups excluding carboxylic acids is 1. The van der Waals surface area contributed by atoms with E-state index in [2.05, 4.69) is 4.72 Å². The van der Waals surface area contributed by atoms with Crippen LogP contribution in [0.2, 0.25) is 0 Å². The van der Waals surface area contributed by atoms with Gasteiger partial charge in [0.15, 0.2) is 6.61 Å². The number of benzene rings is 2. The fraction of sp³-hybridized carbons (Fsp3) is 0.263. The van der Waals surface area contributed by atoms with E-state index in [0.29, 0.717) is 5.56 Å². The van der Waals surface area contributed by atoms with Crippen LogP contribution in [0.5, 0.6) is 5.75 Å². The quantitative estimate of drug-likeness (QED) is 0.589. The zero-order chi connectivity index (χ0) is 23.8. The third kappa shape index (κ3) is 4.54. The van der Waals surface area contributed by atoms with Gasteiger partial charge in [-0.25, -0.2) is 21.1 Å². The summed E-state index contributed by atoms with van der Waals surface area (Å²) >= 11 is 0. The number of ether oxygens (including phenoxy) is 1. The molecule has 0 aliphatic carbocycles. The van der Waals surface area contributed by atoms with Crippen LogP contribution in [0.3, 0.4) is 0 Å². The van der Waals surface area contributed by atoms with Gasteiger partial charge in [-0.1, -0.05) is 6.07 Å². The molecule has 1 aliphatic rings. The average Bonchev–Trinajstić information content (AvgIpc) is 2.70. The van der Waals surface area contributed by atoms with Gasteiger partial charge >= 0.3 is 5.97 Å². The van der Waals surface area contributed by atoms with E-state index in [1.807, 2.05) is 0 Å². The first-order chi connectivity index (χ1) is 14.8. The zero-order valence-corrected chi connectivity index (χ0v) is 19.0. The molecule has 0 aromatic heterocycles. The number of anilines is 2. The summed E-state index contributed by atoms with van der Waals surface area (Å²) in [6, 6.07) is 7.75. The van der Waals surface area contributed by atoms with Crippen LogP contribution >= 0.6 is 0 Å². The topological polar surface area (TPSA) is 150 Å². The molecule has 0 unspecified atom stereocenters. The normalized spacial score (nSPS) is 14.1. The lowest BCUT2D eigenvalue weighted by molar-refractivity contribution is -0.137. The first-order valence-electron chi connectivity index (χ1n) is 9.18. The Bertz CT molecular complexity index is 1300. The molecule has 0 saturated heterocycles. The third-order valence-corrected chi connectivity index (χ3v) is 7.88. The summed E-state index contributed by atoms with van der Waals surface area (Å²) < 4.78 is 59.4. The summed E-state index contributed by atoms with van der Waals surface area (Å²) in [6.07, 6.45) is 0. The second-order valence-electron chi connectivity index (χ2n) is 7.16. The molecule has 2 N–H and O–H groups in total. The minimum absolute atomic E-state index is 0.00665. The minimum atomic E-state index is -4.22. The highest BCUT2D eigenvalue weighted by molar-refractivity contribution is 7.92. The first-order valence-corrected chi connectivity index (χ1v) is 12.1. The van der Waals surface area contributed by atoms with Crippen LogP contribution in [0, 0.1) is 6.92 Å². The Morgan fingerprint density at radius 2 is 1.78 bits per heavy atom. The standard InChI is InChI=1S/C19H21N3O8S2/c1-12-4-5-14(32(28,29)21(2)3)8-15(12)20-31(26,27)13-6-7-17-16(9-13)22(10-19(24)25)18(23)11-30-17/h4-9,20H,10-11H2,1-3H3,(H,24,25). The average molecular weight is 484 g/mol. The predicted molar refractivity (Wildman–Crippen MR) is 115 cm³/mol. The Morgan fingerprint density at radius 1 is 1.12 bits per heavy atom. The molecule has 0 spiro atoms. The first kappa shape index (κ1) is 23.5. The van der Waals surface area contributed by atoms with Crippen LogP contribution in [0.1, 0.15) is 5.56 Å². The number of nitrogens with zero attached hydrogens (tertiary/aromatic N) is 2. The van der Waals surface area contributed by atoms with Gasteiger partial charge in [0.05, 0.1) is 21.2 Å². The van der Waals surface area contributed by atoms with Crippen molar-refractivity contribution >= 4 is 43.3 Å². The van der Waals surface area contributed by atoms with Crippen LogP contribution < -0.4 is 14.4 Å². The van der Waals surface area contributed by atoms with E-state index in [-0.39, 0.29) is 33.5 Å². The smallest absolute Gasteiger partial charge is 0.323 e. The van der Waals surface area contributed by atoms with Crippen molar-refractivity contribution in [2.24, 2.45) is 0 Å². The lowest BCUT2D eigenvalue weighted by Crippen LogP contribution is -2.42. The van der Waals surface area contributed by atoms with Crippen molar-refractivity contribution in [3.63, 3.8) is 0 Å². The van der Waals surface area contributed by atoms with Gasteiger partial charge in [0, 0.05) is 14.1 Å². The van der Waals surface area contributed by atoms with Crippen molar-refractivity contribution in [2.75, 3.05) is 36.9 Å².